The van der Waals surface area contributed by atoms with Crippen LogP contribution in [-0.2, 0) is 16.2 Å². The number of hydrogen-bond donors (Lipinski definition) is 3. The summed E-state index contributed by atoms with van der Waals surface area (Å²) in [7, 11) is -4.62. The lowest BCUT2D eigenvalue weighted by atomic mass is 10.3. The number of nitrogens with zero attached hydrogens (tertiary/aromatic N) is 1. The number of aromatic amines is 1. The number of hydrogen-bond acceptors (Lipinski definition) is 4. The smallest absolute Gasteiger partial charge is 0.305 e. The zero-order valence-electron chi connectivity index (χ0n) is 11.0. The number of alkyl halides is 3. The fourth-order valence-electron chi connectivity index (χ4n) is 1.68. The van der Waals surface area contributed by atoms with Crippen molar-refractivity contribution in [3.05, 3.63) is 41.5 Å². The van der Waals surface area contributed by atoms with Crippen molar-refractivity contribution >= 4 is 15.7 Å². The number of aromatic nitrogens is 2. The summed E-state index contributed by atoms with van der Waals surface area (Å²) in [6, 6.07) is 5.06. The Labute approximate surface area is 122 Å². The lowest BCUT2D eigenvalue weighted by Gasteiger charge is -2.11. The molecule has 3 N–H and O–H groups in total. The zero-order valence-corrected chi connectivity index (χ0v) is 11.8. The maximum Gasteiger partial charge on any atom is 0.436 e. The molecule has 6 nitrogen and oxygen atoms in total. The van der Waals surface area contributed by atoms with Crippen LogP contribution in [0, 0.1) is 12.7 Å². The van der Waals surface area contributed by atoms with E-state index in [1.54, 1.807) is 4.83 Å². The molecule has 0 fully saturated rings. The van der Waals surface area contributed by atoms with E-state index in [1.165, 1.54) is 18.2 Å². The average molecular weight is 338 g/mol. The summed E-state index contributed by atoms with van der Waals surface area (Å²) >= 11 is 0. The lowest BCUT2D eigenvalue weighted by Crippen LogP contribution is -2.31. The minimum absolute atomic E-state index is 0.235. The third-order valence-electron chi connectivity index (χ3n) is 2.62. The fourth-order valence-corrected chi connectivity index (χ4v) is 2.89. The molecule has 0 aliphatic rings. The summed E-state index contributed by atoms with van der Waals surface area (Å²) in [5.74, 6) is -0.773. The Morgan fingerprint density at radius 1 is 1.23 bits per heavy atom. The van der Waals surface area contributed by atoms with E-state index in [2.05, 4.69) is 5.10 Å². The number of nitrogens with one attached hydrogen (secondary N) is 3. The molecule has 0 atom stereocenters. The van der Waals surface area contributed by atoms with E-state index in [0.29, 0.717) is 0 Å². The molecular formula is C11H10F4N4O2S. The van der Waals surface area contributed by atoms with Crippen molar-refractivity contribution in [1.29, 1.82) is 0 Å². The van der Waals surface area contributed by atoms with Gasteiger partial charge in [-0.3, -0.25) is 5.10 Å². The Morgan fingerprint density at radius 3 is 2.45 bits per heavy atom. The van der Waals surface area contributed by atoms with Gasteiger partial charge in [0.25, 0.3) is 10.0 Å². The van der Waals surface area contributed by atoms with Gasteiger partial charge in [0, 0.05) is 0 Å². The van der Waals surface area contributed by atoms with Gasteiger partial charge in [0.2, 0.25) is 0 Å². The predicted molar refractivity (Wildman–Crippen MR) is 68.7 cm³/mol. The Morgan fingerprint density at radius 2 is 1.86 bits per heavy atom. The maximum atomic E-state index is 13.4. The molecule has 0 amide bonds. The first kappa shape index (κ1) is 16.2. The van der Waals surface area contributed by atoms with Crippen LogP contribution in [0.25, 0.3) is 0 Å². The quantitative estimate of drug-likeness (QED) is 0.589. The number of H-pyrrole nitrogens is 1. The first-order chi connectivity index (χ1) is 10.1. The highest BCUT2D eigenvalue weighted by atomic mass is 32.2. The highest BCUT2D eigenvalue weighted by molar-refractivity contribution is 7.89. The van der Waals surface area contributed by atoms with Crippen LogP contribution < -0.4 is 10.3 Å². The highest BCUT2D eigenvalue weighted by Crippen LogP contribution is 2.33. The van der Waals surface area contributed by atoms with Crippen LogP contribution in [0.5, 0.6) is 0 Å². The maximum absolute atomic E-state index is 13.4. The van der Waals surface area contributed by atoms with Gasteiger partial charge in [0.05, 0.1) is 11.4 Å². The van der Waals surface area contributed by atoms with Crippen molar-refractivity contribution in [2.45, 2.75) is 18.0 Å². The Balaban J connectivity index is 2.33. The largest absolute Gasteiger partial charge is 0.436 e. The number of aryl methyl sites for hydroxylation is 1. The molecule has 0 saturated carbocycles. The Kier molecular flexibility index (Phi) is 4.11. The van der Waals surface area contributed by atoms with Gasteiger partial charge in [0.1, 0.15) is 10.7 Å². The monoisotopic (exact) mass is 338 g/mol. The van der Waals surface area contributed by atoms with E-state index in [0.717, 1.165) is 13.0 Å². The van der Waals surface area contributed by atoms with E-state index in [9.17, 15) is 26.0 Å². The van der Waals surface area contributed by atoms with Crippen molar-refractivity contribution in [2.24, 2.45) is 0 Å². The summed E-state index contributed by atoms with van der Waals surface area (Å²) in [6.07, 6.45) is -4.95. The number of rotatable bonds is 4. The molecule has 0 bridgehead atoms. The molecule has 120 valence electrons. The standard InChI is InChI=1S/C11H10F4N4O2S/c1-6-9(10(18-16-6)11(13,14)15)22(20,21)19-17-8-5-3-2-4-7(8)12/h2-5,17,19H,1H3,(H,16,18). The molecule has 1 heterocycles. The van der Waals surface area contributed by atoms with Gasteiger partial charge >= 0.3 is 6.18 Å². The molecule has 0 saturated heterocycles. The van der Waals surface area contributed by atoms with Gasteiger partial charge in [-0.05, 0) is 19.1 Å². The molecule has 1 aromatic heterocycles. The molecular weight excluding hydrogens is 328 g/mol. The number of hydrazine groups is 1. The van der Waals surface area contributed by atoms with Crippen molar-refractivity contribution in [3.8, 4) is 0 Å². The number of anilines is 1. The molecule has 0 aliphatic heterocycles. The number of benzene rings is 1. The summed E-state index contributed by atoms with van der Waals surface area (Å²) < 4.78 is 75.7. The van der Waals surface area contributed by atoms with Crippen LogP contribution in [0.4, 0.5) is 23.2 Å². The minimum atomic E-state index is -4.95. The molecule has 2 aromatic rings. The summed E-state index contributed by atoms with van der Waals surface area (Å²) in [5.41, 5.74) is -0.0822. The van der Waals surface area contributed by atoms with E-state index in [-0.39, 0.29) is 11.4 Å². The van der Waals surface area contributed by atoms with Crippen molar-refractivity contribution < 1.29 is 26.0 Å². The van der Waals surface area contributed by atoms with Gasteiger partial charge in [-0.15, -0.1) is 4.83 Å². The molecule has 2 rings (SSSR count). The molecule has 0 spiro atoms. The second kappa shape index (κ2) is 5.57. The zero-order chi connectivity index (χ0) is 16.5. The van der Waals surface area contributed by atoms with Gasteiger partial charge in [-0.2, -0.15) is 18.3 Å². The van der Waals surface area contributed by atoms with Crippen molar-refractivity contribution in [1.82, 2.24) is 15.0 Å². The third-order valence-corrected chi connectivity index (χ3v) is 4.03. The van der Waals surface area contributed by atoms with Crippen LogP contribution in [0.1, 0.15) is 11.4 Å². The minimum Gasteiger partial charge on any atom is -0.305 e. The molecule has 0 unspecified atom stereocenters. The Hall–Kier alpha value is -2.14. The predicted octanol–water partition coefficient (Wildman–Crippen LogP) is 2.18. The van der Waals surface area contributed by atoms with E-state index in [1.807, 2.05) is 10.5 Å². The van der Waals surface area contributed by atoms with Crippen molar-refractivity contribution in [2.75, 3.05) is 5.43 Å². The lowest BCUT2D eigenvalue weighted by molar-refractivity contribution is -0.143. The molecule has 0 radical (unpaired) electrons. The van der Waals surface area contributed by atoms with Crippen LogP contribution in [-0.4, -0.2) is 18.6 Å². The topological polar surface area (TPSA) is 86.9 Å². The van der Waals surface area contributed by atoms with Crippen LogP contribution in [0.15, 0.2) is 29.2 Å². The molecule has 11 heteroatoms. The normalized spacial score (nSPS) is 12.4. The van der Waals surface area contributed by atoms with Crippen LogP contribution in [0.2, 0.25) is 0 Å². The average Bonchev–Trinajstić information content (AvgIpc) is 2.80. The Bertz CT molecular complexity index is 786. The van der Waals surface area contributed by atoms with E-state index in [4.69, 9.17) is 0 Å². The molecule has 1 aromatic carbocycles. The van der Waals surface area contributed by atoms with Crippen molar-refractivity contribution in [3.63, 3.8) is 0 Å². The summed E-state index contributed by atoms with van der Waals surface area (Å²) in [6.45, 7) is 1.12. The highest BCUT2D eigenvalue weighted by Gasteiger charge is 2.41. The number of halogens is 4. The summed E-state index contributed by atoms with van der Waals surface area (Å²) in [4.78, 5) is 0.642. The first-order valence-electron chi connectivity index (χ1n) is 5.77. The SMILES string of the molecule is Cc1[nH]nc(C(F)(F)F)c1S(=O)(=O)NNc1ccccc1F. The number of para-hydroxylation sites is 1. The molecule has 0 aliphatic carbocycles. The number of sulfonamides is 1. The van der Waals surface area contributed by atoms with E-state index >= 15 is 0 Å². The van der Waals surface area contributed by atoms with Crippen LogP contribution in [0.3, 0.4) is 0 Å². The van der Waals surface area contributed by atoms with Gasteiger partial charge in [-0.1, -0.05) is 12.1 Å². The van der Waals surface area contributed by atoms with Gasteiger partial charge in [-0.25, -0.2) is 12.8 Å². The van der Waals surface area contributed by atoms with Gasteiger partial charge < -0.3 is 5.43 Å². The molecule has 22 heavy (non-hydrogen) atoms. The van der Waals surface area contributed by atoms with E-state index < -0.39 is 32.6 Å². The second-order valence-electron chi connectivity index (χ2n) is 4.23. The summed E-state index contributed by atoms with van der Waals surface area (Å²) in [5, 5.41) is 4.92. The second-order valence-corrected chi connectivity index (χ2v) is 5.85. The fraction of sp³-hybridized carbons (Fsp3) is 0.182. The third kappa shape index (κ3) is 3.20. The van der Waals surface area contributed by atoms with Crippen LogP contribution >= 0.6 is 0 Å². The van der Waals surface area contributed by atoms with Gasteiger partial charge in [0.15, 0.2) is 5.69 Å². The first-order valence-corrected chi connectivity index (χ1v) is 7.26.